The first-order valence-electron chi connectivity index (χ1n) is 8.87. The topological polar surface area (TPSA) is 81.1 Å². The van der Waals surface area contributed by atoms with E-state index in [0.29, 0.717) is 5.56 Å². The van der Waals surface area contributed by atoms with E-state index in [2.05, 4.69) is 21.7 Å². The summed E-state index contributed by atoms with van der Waals surface area (Å²) in [6.45, 7) is 0. The minimum absolute atomic E-state index is 0.0160. The van der Waals surface area contributed by atoms with Gasteiger partial charge in [-0.1, -0.05) is 30.3 Å². The molecular formula is C21H19N3O2. The maximum atomic E-state index is 11.6. The molecule has 5 rings (SSSR count). The first-order valence-corrected chi connectivity index (χ1v) is 8.87. The average Bonchev–Trinajstić information content (AvgIpc) is 3.23. The van der Waals surface area contributed by atoms with Gasteiger partial charge in [0.1, 0.15) is 0 Å². The number of aliphatic hydroxyl groups is 1. The fraction of sp³-hybridized carbons (Fsp3) is 0.238. The molecule has 5 heteroatoms. The molecule has 0 radical (unpaired) electrons. The Morgan fingerprint density at radius 3 is 2.88 bits per heavy atom. The summed E-state index contributed by atoms with van der Waals surface area (Å²) < 4.78 is 2.17. The van der Waals surface area contributed by atoms with E-state index in [4.69, 9.17) is 5.73 Å². The van der Waals surface area contributed by atoms with E-state index in [9.17, 15) is 9.90 Å². The number of nitrogens with two attached hydrogens (primary N) is 1. The van der Waals surface area contributed by atoms with Crippen molar-refractivity contribution in [3.05, 3.63) is 77.2 Å². The van der Waals surface area contributed by atoms with E-state index in [0.717, 1.165) is 29.7 Å². The number of carbonyl (C=O) groups is 1. The Kier molecular flexibility index (Phi) is 3.27. The molecule has 2 aliphatic rings. The molecule has 3 atom stereocenters. The summed E-state index contributed by atoms with van der Waals surface area (Å²) in [6, 6.07) is 13.8. The van der Waals surface area contributed by atoms with Crippen LogP contribution in [0, 0.1) is 5.92 Å². The highest BCUT2D eigenvalue weighted by atomic mass is 16.3. The molecule has 3 aromatic rings. The van der Waals surface area contributed by atoms with Crippen LogP contribution in [-0.4, -0.2) is 20.6 Å². The van der Waals surface area contributed by atoms with Crippen molar-refractivity contribution in [2.24, 2.45) is 11.7 Å². The minimum Gasteiger partial charge on any atom is -0.388 e. The Morgan fingerprint density at radius 1 is 1.19 bits per heavy atom. The molecule has 2 aromatic carbocycles. The summed E-state index contributed by atoms with van der Waals surface area (Å²) in [5, 5.41) is 11.2. The Balaban J connectivity index is 1.60. The Bertz CT molecular complexity index is 1020. The van der Waals surface area contributed by atoms with E-state index in [1.54, 1.807) is 12.1 Å². The van der Waals surface area contributed by atoms with Crippen LogP contribution in [0.25, 0.3) is 11.3 Å². The molecule has 0 saturated heterocycles. The number of amides is 1. The zero-order valence-electron chi connectivity index (χ0n) is 14.2. The van der Waals surface area contributed by atoms with Crippen molar-refractivity contribution in [2.45, 2.75) is 25.0 Å². The number of primary amides is 1. The average molecular weight is 345 g/mol. The lowest BCUT2D eigenvalue weighted by Gasteiger charge is -2.35. The van der Waals surface area contributed by atoms with Crippen molar-refractivity contribution in [1.29, 1.82) is 0 Å². The van der Waals surface area contributed by atoms with Gasteiger partial charge in [0.05, 0.1) is 30.4 Å². The molecule has 0 spiro atoms. The largest absolute Gasteiger partial charge is 0.388 e. The van der Waals surface area contributed by atoms with Crippen LogP contribution in [-0.2, 0) is 6.42 Å². The molecule has 130 valence electrons. The molecule has 1 unspecified atom stereocenters. The van der Waals surface area contributed by atoms with Gasteiger partial charge in [0.25, 0.3) is 0 Å². The van der Waals surface area contributed by atoms with Crippen LogP contribution in [0.3, 0.4) is 0 Å². The lowest BCUT2D eigenvalue weighted by atomic mass is 9.75. The highest BCUT2D eigenvalue weighted by Crippen LogP contribution is 2.49. The van der Waals surface area contributed by atoms with Crippen molar-refractivity contribution in [1.82, 2.24) is 9.55 Å². The van der Waals surface area contributed by atoms with Crippen LogP contribution >= 0.6 is 0 Å². The second kappa shape index (κ2) is 5.54. The molecule has 1 amide bonds. The number of aryl methyl sites for hydroxylation is 1. The number of benzene rings is 2. The van der Waals surface area contributed by atoms with Gasteiger partial charge in [-0.05, 0) is 41.7 Å². The third-order valence-corrected chi connectivity index (χ3v) is 5.83. The first-order chi connectivity index (χ1) is 12.6. The molecule has 0 saturated carbocycles. The molecular weight excluding hydrogens is 326 g/mol. The van der Waals surface area contributed by atoms with Crippen molar-refractivity contribution in [2.75, 3.05) is 0 Å². The zero-order chi connectivity index (χ0) is 17.8. The third kappa shape index (κ3) is 2.07. The van der Waals surface area contributed by atoms with Gasteiger partial charge >= 0.3 is 0 Å². The normalized spacial score (nSPS) is 23.2. The highest BCUT2D eigenvalue weighted by molar-refractivity contribution is 5.93. The van der Waals surface area contributed by atoms with E-state index in [-0.39, 0.29) is 12.0 Å². The summed E-state index contributed by atoms with van der Waals surface area (Å²) in [4.78, 5) is 15.9. The van der Waals surface area contributed by atoms with Gasteiger partial charge in [-0.25, -0.2) is 4.98 Å². The number of fused-ring (bicyclic) bond motifs is 4. The van der Waals surface area contributed by atoms with Crippen LogP contribution in [0.4, 0.5) is 0 Å². The number of aromatic nitrogens is 2. The Morgan fingerprint density at radius 2 is 2.04 bits per heavy atom. The number of hydrogen-bond acceptors (Lipinski definition) is 3. The minimum atomic E-state index is -0.649. The molecule has 1 aliphatic heterocycles. The number of hydrogen-bond donors (Lipinski definition) is 2. The monoisotopic (exact) mass is 345 g/mol. The number of carbonyl (C=O) groups excluding carboxylic acids is 1. The van der Waals surface area contributed by atoms with Crippen LogP contribution in [0.1, 0.15) is 45.6 Å². The Hall–Kier alpha value is -2.92. The van der Waals surface area contributed by atoms with Crippen molar-refractivity contribution >= 4 is 5.91 Å². The van der Waals surface area contributed by atoms with Gasteiger partial charge in [0, 0.05) is 17.0 Å². The quantitative estimate of drug-likeness (QED) is 0.749. The molecule has 1 aromatic heterocycles. The van der Waals surface area contributed by atoms with Crippen LogP contribution < -0.4 is 5.73 Å². The van der Waals surface area contributed by atoms with Crippen LogP contribution in [0.2, 0.25) is 0 Å². The van der Waals surface area contributed by atoms with Gasteiger partial charge in [-0.3, -0.25) is 4.79 Å². The van der Waals surface area contributed by atoms with Crippen LogP contribution in [0.15, 0.2) is 55.0 Å². The number of aliphatic hydroxyl groups excluding tert-OH is 1. The molecule has 2 heterocycles. The summed E-state index contributed by atoms with van der Waals surface area (Å²) in [7, 11) is 0. The lowest BCUT2D eigenvalue weighted by Crippen LogP contribution is -2.29. The molecule has 26 heavy (non-hydrogen) atoms. The predicted molar refractivity (Wildman–Crippen MR) is 97.5 cm³/mol. The molecule has 5 nitrogen and oxygen atoms in total. The Labute approximate surface area is 151 Å². The number of imidazole rings is 1. The summed E-state index contributed by atoms with van der Waals surface area (Å²) in [5.74, 6) is -0.451. The van der Waals surface area contributed by atoms with E-state index < -0.39 is 12.0 Å². The maximum Gasteiger partial charge on any atom is 0.248 e. The highest BCUT2D eigenvalue weighted by Gasteiger charge is 2.40. The molecule has 0 bridgehead atoms. The van der Waals surface area contributed by atoms with Gasteiger partial charge in [-0.2, -0.15) is 0 Å². The zero-order valence-corrected chi connectivity index (χ0v) is 14.2. The fourth-order valence-electron chi connectivity index (χ4n) is 4.60. The van der Waals surface area contributed by atoms with Crippen LogP contribution in [0.5, 0.6) is 0 Å². The second-order valence-electron chi connectivity index (χ2n) is 7.14. The van der Waals surface area contributed by atoms with E-state index in [1.165, 1.54) is 11.1 Å². The van der Waals surface area contributed by atoms with Crippen molar-refractivity contribution < 1.29 is 9.90 Å². The van der Waals surface area contributed by atoms with Gasteiger partial charge in [0.15, 0.2) is 0 Å². The van der Waals surface area contributed by atoms with Gasteiger partial charge in [0.2, 0.25) is 5.91 Å². The smallest absolute Gasteiger partial charge is 0.248 e. The lowest BCUT2D eigenvalue weighted by molar-refractivity contribution is 0.0719. The number of rotatable bonds is 2. The summed E-state index contributed by atoms with van der Waals surface area (Å²) in [5.41, 5.74) is 11.3. The molecule has 0 fully saturated rings. The third-order valence-electron chi connectivity index (χ3n) is 5.83. The second-order valence-corrected chi connectivity index (χ2v) is 7.14. The van der Waals surface area contributed by atoms with E-state index >= 15 is 0 Å². The SMILES string of the molecule is NC(=O)c1ccc2c(c1)[C@H](O)[C@H](C1c3ccccc3-c3cncn31)CC2. The van der Waals surface area contributed by atoms with E-state index in [1.807, 2.05) is 30.7 Å². The first kappa shape index (κ1) is 15.3. The molecule has 3 N–H and O–H groups in total. The number of nitrogens with zero attached hydrogens (tertiary/aromatic N) is 2. The van der Waals surface area contributed by atoms with Crippen molar-refractivity contribution in [3.63, 3.8) is 0 Å². The maximum absolute atomic E-state index is 11.6. The standard InChI is InChI=1S/C21H19N3O2/c22-21(26)13-6-5-12-7-8-16(20(25)17(12)9-13)19-15-4-2-1-3-14(15)18-10-23-11-24(18)19/h1-6,9-11,16,19-20,25H,7-8H2,(H2,22,26)/t16-,19?,20+/m0/s1. The van der Waals surface area contributed by atoms with Gasteiger partial charge < -0.3 is 15.4 Å². The predicted octanol–water partition coefficient (Wildman–Crippen LogP) is 2.85. The fourth-order valence-corrected chi connectivity index (χ4v) is 4.60. The molecule has 1 aliphatic carbocycles. The van der Waals surface area contributed by atoms with Crippen molar-refractivity contribution in [3.8, 4) is 11.3 Å². The van der Waals surface area contributed by atoms with Gasteiger partial charge in [-0.15, -0.1) is 0 Å². The summed E-state index contributed by atoms with van der Waals surface area (Å²) >= 11 is 0. The summed E-state index contributed by atoms with van der Waals surface area (Å²) in [6.07, 6.45) is 4.83.